The number of anilines is 2. The van der Waals surface area contributed by atoms with Gasteiger partial charge in [0.1, 0.15) is 0 Å². The Bertz CT molecular complexity index is 1080. The third-order valence-corrected chi connectivity index (χ3v) is 7.16. The summed E-state index contributed by atoms with van der Waals surface area (Å²) < 4.78 is 27.8. The summed E-state index contributed by atoms with van der Waals surface area (Å²) in [6, 6.07) is 7.91. The molecule has 1 unspecified atom stereocenters. The zero-order valence-electron chi connectivity index (χ0n) is 19.3. The van der Waals surface area contributed by atoms with Crippen LogP contribution >= 0.6 is 0 Å². The van der Waals surface area contributed by atoms with E-state index in [-0.39, 0.29) is 27.6 Å². The van der Waals surface area contributed by atoms with Crippen molar-refractivity contribution < 1.29 is 13.2 Å². The van der Waals surface area contributed by atoms with Crippen molar-refractivity contribution in [1.82, 2.24) is 9.97 Å². The molecule has 0 bridgehead atoms. The summed E-state index contributed by atoms with van der Waals surface area (Å²) in [5, 5.41) is 2.99. The molecule has 2 N–H and O–H groups in total. The van der Waals surface area contributed by atoms with Crippen molar-refractivity contribution >= 4 is 27.6 Å². The van der Waals surface area contributed by atoms with Gasteiger partial charge in [0.25, 0.3) is 10.0 Å². The lowest BCUT2D eigenvalue weighted by molar-refractivity contribution is -0.123. The van der Waals surface area contributed by atoms with E-state index in [1.807, 2.05) is 0 Å². The van der Waals surface area contributed by atoms with E-state index in [0.29, 0.717) is 17.1 Å². The first-order chi connectivity index (χ1) is 14.1. The van der Waals surface area contributed by atoms with Crippen molar-refractivity contribution in [2.75, 3.05) is 10.0 Å². The first-order valence-corrected chi connectivity index (χ1v) is 11.9. The predicted molar refractivity (Wildman–Crippen MR) is 122 cm³/mol. The second-order valence-corrected chi connectivity index (χ2v) is 12.1. The maximum atomic E-state index is 13.1. The summed E-state index contributed by atoms with van der Waals surface area (Å²) in [7, 11) is -3.84. The van der Waals surface area contributed by atoms with Crippen LogP contribution in [-0.4, -0.2) is 24.3 Å². The fourth-order valence-corrected chi connectivity index (χ4v) is 5.25. The van der Waals surface area contributed by atoms with Gasteiger partial charge in [-0.3, -0.25) is 4.79 Å². The fraction of sp³-hybridized carbons (Fsp3) is 0.522. The van der Waals surface area contributed by atoms with Gasteiger partial charge in [-0.1, -0.05) is 34.6 Å². The van der Waals surface area contributed by atoms with Crippen molar-refractivity contribution in [2.24, 2.45) is 16.2 Å². The monoisotopic (exact) mass is 444 g/mol. The largest absolute Gasteiger partial charge is 0.326 e. The zero-order valence-corrected chi connectivity index (χ0v) is 20.1. The topological polar surface area (TPSA) is 101 Å². The molecule has 1 heterocycles. The van der Waals surface area contributed by atoms with E-state index in [4.69, 9.17) is 0 Å². The molecule has 1 fully saturated rings. The number of amides is 1. The van der Waals surface area contributed by atoms with Crippen LogP contribution in [0.15, 0.2) is 35.2 Å². The number of nitrogens with zero attached hydrogens (tertiary/aromatic N) is 2. The number of carbonyl (C=O) groups is 1. The van der Waals surface area contributed by atoms with Crippen LogP contribution in [0.5, 0.6) is 0 Å². The molecule has 0 aliphatic heterocycles. The summed E-state index contributed by atoms with van der Waals surface area (Å²) >= 11 is 0. The van der Waals surface area contributed by atoms with Crippen molar-refractivity contribution in [2.45, 2.75) is 66.2 Å². The lowest BCUT2D eigenvalue weighted by Crippen LogP contribution is -2.32. The molecule has 1 amide bonds. The minimum absolute atomic E-state index is 0.00945. The third-order valence-electron chi connectivity index (χ3n) is 5.81. The molecule has 168 valence electrons. The standard InChI is InChI=1S/C23H32N4O3S/c1-15-12-16(2)25-20(24-15)27-31(29,30)18-10-8-17(9-11-18)26-19(28)23(13-21(3,4)5)14-22(23,6)7/h8-12H,13-14H2,1-7H3,(H,26,28)(H,24,25,27). The number of hydrogen-bond donors (Lipinski definition) is 2. The van der Waals surface area contributed by atoms with Crippen molar-refractivity contribution in [3.05, 3.63) is 41.7 Å². The lowest BCUT2D eigenvalue weighted by Gasteiger charge is -2.28. The molecular weight excluding hydrogens is 412 g/mol. The van der Waals surface area contributed by atoms with Crippen LogP contribution < -0.4 is 10.0 Å². The number of carbonyl (C=O) groups excluding carboxylic acids is 1. The van der Waals surface area contributed by atoms with Crippen LogP contribution in [0.4, 0.5) is 11.6 Å². The molecule has 1 atom stereocenters. The maximum absolute atomic E-state index is 13.1. The quantitative estimate of drug-likeness (QED) is 0.673. The Morgan fingerprint density at radius 1 is 1.06 bits per heavy atom. The van der Waals surface area contributed by atoms with Crippen LogP contribution in [0, 0.1) is 30.1 Å². The van der Waals surface area contributed by atoms with Crippen LogP contribution in [0.2, 0.25) is 0 Å². The minimum atomic E-state index is -3.84. The van der Waals surface area contributed by atoms with Crippen molar-refractivity contribution in [3.8, 4) is 0 Å². The Balaban J connectivity index is 1.74. The van der Waals surface area contributed by atoms with Crippen LogP contribution in [0.25, 0.3) is 0 Å². The van der Waals surface area contributed by atoms with E-state index in [1.54, 1.807) is 32.0 Å². The second kappa shape index (κ2) is 7.58. The van der Waals surface area contributed by atoms with Gasteiger partial charge in [-0.15, -0.1) is 0 Å². The van der Waals surface area contributed by atoms with E-state index in [0.717, 1.165) is 12.8 Å². The summed E-state index contributed by atoms with van der Waals surface area (Å²) in [4.78, 5) is 21.4. The van der Waals surface area contributed by atoms with Gasteiger partial charge in [-0.25, -0.2) is 23.1 Å². The number of hydrogen-bond acceptors (Lipinski definition) is 5. The van der Waals surface area contributed by atoms with Crippen LogP contribution in [0.3, 0.4) is 0 Å². The molecule has 31 heavy (non-hydrogen) atoms. The molecule has 8 heteroatoms. The Labute approximate surface area is 185 Å². The maximum Gasteiger partial charge on any atom is 0.264 e. The SMILES string of the molecule is Cc1cc(C)nc(NS(=O)(=O)c2ccc(NC(=O)C3(CC(C)(C)C)CC3(C)C)cc2)n1. The second-order valence-electron chi connectivity index (χ2n) is 10.4. The Morgan fingerprint density at radius 3 is 2.03 bits per heavy atom. The van der Waals surface area contributed by atoms with E-state index in [1.165, 1.54) is 12.1 Å². The molecule has 1 aliphatic rings. The van der Waals surface area contributed by atoms with Gasteiger partial charge in [0.05, 0.1) is 10.3 Å². The highest BCUT2D eigenvalue weighted by Crippen LogP contribution is 2.68. The number of aromatic nitrogens is 2. The molecule has 1 aromatic heterocycles. The van der Waals surface area contributed by atoms with Crippen LogP contribution in [0.1, 0.15) is 58.8 Å². The molecule has 1 aromatic carbocycles. The molecule has 0 radical (unpaired) electrons. The van der Waals surface area contributed by atoms with Gasteiger partial charge < -0.3 is 5.32 Å². The number of rotatable bonds is 6. The number of sulfonamides is 1. The highest BCUT2D eigenvalue weighted by molar-refractivity contribution is 7.92. The molecule has 7 nitrogen and oxygen atoms in total. The van der Waals surface area contributed by atoms with Gasteiger partial charge in [0.2, 0.25) is 11.9 Å². The highest BCUT2D eigenvalue weighted by Gasteiger charge is 2.66. The third kappa shape index (κ3) is 5.06. The summed E-state index contributed by atoms with van der Waals surface area (Å²) in [5.41, 5.74) is 1.50. The normalized spacial score (nSPS) is 20.2. The van der Waals surface area contributed by atoms with Crippen molar-refractivity contribution in [3.63, 3.8) is 0 Å². The first kappa shape index (κ1) is 23.2. The number of benzene rings is 1. The van der Waals surface area contributed by atoms with E-state index in [9.17, 15) is 13.2 Å². The zero-order chi connectivity index (χ0) is 23.2. The molecular formula is C23H32N4O3S. The molecule has 2 aromatic rings. The Morgan fingerprint density at radius 2 is 1.58 bits per heavy atom. The molecule has 0 saturated heterocycles. The van der Waals surface area contributed by atoms with Gasteiger partial charge >= 0.3 is 0 Å². The smallest absolute Gasteiger partial charge is 0.264 e. The highest BCUT2D eigenvalue weighted by atomic mass is 32.2. The van der Waals surface area contributed by atoms with Crippen molar-refractivity contribution in [1.29, 1.82) is 0 Å². The summed E-state index contributed by atoms with van der Waals surface area (Å²) in [6.07, 6.45) is 1.64. The van der Waals surface area contributed by atoms with E-state index >= 15 is 0 Å². The molecule has 0 spiro atoms. The van der Waals surface area contributed by atoms with E-state index in [2.05, 4.69) is 54.6 Å². The molecule has 1 saturated carbocycles. The Kier molecular flexibility index (Phi) is 5.67. The predicted octanol–water partition coefficient (Wildman–Crippen LogP) is 4.69. The molecule has 3 rings (SSSR count). The average molecular weight is 445 g/mol. The Hall–Kier alpha value is -2.48. The number of nitrogens with one attached hydrogen (secondary N) is 2. The van der Waals surface area contributed by atoms with Gasteiger partial charge in [-0.05, 0) is 67.9 Å². The molecule has 1 aliphatic carbocycles. The van der Waals surface area contributed by atoms with Crippen LogP contribution in [-0.2, 0) is 14.8 Å². The summed E-state index contributed by atoms with van der Waals surface area (Å²) in [6.45, 7) is 14.2. The van der Waals surface area contributed by atoms with E-state index < -0.39 is 15.4 Å². The lowest BCUT2D eigenvalue weighted by atomic mass is 9.78. The minimum Gasteiger partial charge on any atom is -0.326 e. The first-order valence-electron chi connectivity index (χ1n) is 10.4. The summed E-state index contributed by atoms with van der Waals surface area (Å²) in [5.74, 6) is 0.0276. The fourth-order valence-electron chi connectivity index (χ4n) is 4.30. The van der Waals surface area contributed by atoms with Gasteiger partial charge in [-0.2, -0.15) is 0 Å². The van der Waals surface area contributed by atoms with Gasteiger partial charge in [0.15, 0.2) is 0 Å². The number of aryl methyl sites for hydroxylation is 2. The average Bonchev–Trinajstić information content (AvgIpc) is 3.13. The van der Waals surface area contributed by atoms with Gasteiger partial charge in [0, 0.05) is 17.1 Å².